The van der Waals surface area contributed by atoms with E-state index in [-0.39, 0.29) is 5.91 Å². The lowest BCUT2D eigenvalue weighted by Gasteiger charge is -2.32. The largest absolute Gasteiger partial charge is 0.321 e. The molecule has 0 spiro atoms. The Morgan fingerprint density at radius 1 is 1.03 bits per heavy atom. The van der Waals surface area contributed by atoms with Gasteiger partial charge < -0.3 is 10.2 Å². The molecule has 0 bridgehead atoms. The van der Waals surface area contributed by atoms with E-state index in [1.54, 1.807) is 0 Å². The maximum Gasteiger partial charge on any atom is 0.278 e. The van der Waals surface area contributed by atoms with Crippen LogP contribution < -0.4 is 5.32 Å². The molecule has 1 amide bonds. The molecule has 2 fully saturated rings. The number of likely N-dealkylation sites (N-methyl/N-ethyl adjacent to an activating group) is 1. The molecule has 0 atom stereocenters. The van der Waals surface area contributed by atoms with Crippen LogP contribution >= 0.6 is 0 Å². The summed E-state index contributed by atoms with van der Waals surface area (Å²) in [5, 5.41) is 11.6. The summed E-state index contributed by atoms with van der Waals surface area (Å²) in [6, 6.07) is 18.0. The van der Waals surface area contributed by atoms with E-state index in [4.69, 9.17) is 0 Å². The molecular weight excluding hydrogens is 388 g/mol. The number of para-hydroxylation sites is 1. The van der Waals surface area contributed by atoms with Crippen LogP contribution in [0.2, 0.25) is 0 Å². The summed E-state index contributed by atoms with van der Waals surface area (Å²) in [6.07, 6.45) is 2.14. The van der Waals surface area contributed by atoms with Crippen LogP contribution in [-0.2, 0) is 6.54 Å². The van der Waals surface area contributed by atoms with Gasteiger partial charge in [0.25, 0.3) is 5.91 Å². The van der Waals surface area contributed by atoms with Crippen molar-refractivity contribution in [2.75, 3.05) is 38.5 Å². The molecule has 5 rings (SSSR count). The Balaban J connectivity index is 1.32. The lowest BCUT2D eigenvalue weighted by molar-refractivity contribution is 0.102. The van der Waals surface area contributed by atoms with Crippen LogP contribution in [0.5, 0.6) is 0 Å². The van der Waals surface area contributed by atoms with Crippen LogP contribution in [0.3, 0.4) is 0 Å². The third-order valence-electron chi connectivity index (χ3n) is 6.07. The van der Waals surface area contributed by atoms with Gasteiger partial charge in [-0.25, -0.2) is 4.68 Å². The smallest absolute Gasteiger partial charge is 0.278 e. The molecule has 0 unspecified atom stereocenters. The number of carbonyl (C=O) groups excluding carboxylic acids is 1. The number of anilines is 1. The van der Waals surface area contributed by atoms with Crippen molar-refractivity contribution in [1.29, 1.82) is 0 Å². The Kier molecular flexibility index (Phi) is 5.53. The van der Waals surface area contributed by atoms with Crippen molar-refractivity contribution >= 4 is 11.6 Å². The fourth-order valence-corrected chi connectivity index (χ4v) is 4.14. The summed E-state index contributed by atoms with van der Waals surface area (Å²) < 4.78 is 1.82. The number of nitrogens with one attached hydrogen (secondary N) is 1. The summed E-state index contributed by atoms with van der Waals surface area (Å²) in [5.74, 6) is 0.153. The van der Waals surface area contributed by atoms with E-state index in [2.05, 4.69) is 44.6 Å². The molecule has 7 heteroatoms. The second-order valence-electron chi connectivity index (χ2n) is 8.58. The van der Waals surface area contributed by atoms with Crippen molar-refractivity contribution in [3.63, 3.8) is 0 Å². The van der Waals surface area contributed by atoms with Crippen LogP contribution in [-0.4, -0.2) is 63.9 Å². The highest BCUT2D eigenvalue weighted by Crippen LogP contribution is 2.42. The molecule has 2 aromatic carbocycles. The monoisotopic (exact) mass is 416 g/mol. The quantitative estimate of drug-likeness (QED) is 0.669. The predicted molar refractivity (Wildman–Crippen MR) is 121 cm³/mol. The summed E-state index contributed by atoms with van der Waals surface area (Å²) in [7, 11) is 2.16. The fraction of sp³-hybridized carbons (Fsp3) is 0.375. The number of rotatable bonds is 6. The van der Waals surface area contributed by atoms with Gasteiger partial charge >= 0.3 is 0 Å². The first-order valence-electron chi connectivity index (χ1n) is 11.0. The van der Waals surface area contributed by atoms with Crippen molar-refractivity contribution in [3.05, 3.63) is 71.5 Å². The number of aromatic nitrogens is 3. The maximum absolute atomic E-state index is 13.1. The molecule has 1 aliphatic carbocycles. The minimum Gasteiger partial charge on any atom is -0.321 e. The zero-order valence-electron chi connectivity index (χ0n) is 17.9. The van der Waals surface area contributed by atoms with Crippen molar-refractivity contribution in [3.8, 4) is 5.69 Å². The zero-order chi connectivity index (χ0) is 21.2. The van der Waals surface area contributed by atoms with E-state index < -0.39 is 0 Å². The summed E-state index contributed by atoms with van der Waals surface area (Å²) in [4.78, 5) is 17.9. The minimum atomic E-state index is -0.194. The number of benzene rings is 2. The minimum absolute atomic E-state index is 0.194. The Labute approximate surface area is 182 Å². The van der Waals surface area contributed by atoms with Crippen LogP contribution in [0.4, 0.5) is 5.69 Å². The summed E-state index contributed by atoms with van der Waals surface area (Å²) in [6.45, 7) is 5.23. The van der Waals surface area contributed by atoms with Gasteiger partial charge in [-0.05, 0) is 49.7 Å². The highest BCUT2D eigenvalue weighted by Gasteiger charge is 2.34. The van der Waals surface area contributed by atoms with Crippen LogP contribution in [0.1, 0.15) is 40.5 Å². The van der Waals surface area contributed by atoms with E-state index in [0.29, 0.717) is 11.6 Å². The van der Waals surface area contributed by atoms with Crippen molar-refractivity contribution in [1.82, 2.24) is 24.8 Å². The standard InChI is InChI=1S/C24H28N6O/c1-28-12-14-29(15-13-28)17-18-6-5-7-20(16-18)25-24(31)22-23(19-10-11-19)30(27-26-22)21-8-3-2-4-9-21/h2-9,16,19H,10-15,17H2,1H3,(H,25,31). The van der Waals surface area contributed by atoms with Gasteiger partial charge in [0, 0.05) is 44.3 Å². The second-order valence-corrected chi connectivity index (χ2v) is 8.58. The van der Waals surface area contributed by atoms with Crippen LogP contribution in [0.25, 0.3) is 5.69 Å². The molecule has 1 N–H and O–H groups in total. The van der Waals surface area contributed by atoms with Crippen LogP contribution in [0, 0.1) is 0 Å². The van der Waals surface area contributed by atoms with Crippen molar-refractivity contribution < 1.29 is 4.79 Å². The van der Waals surface area contributed by atoms with Gasteiger partial charge in [0.2, 0.25) is 0 Å². The Morgan fingerprint density at radius 2 is 1.81 bits per heavy atom. The van der Waals surface area contributed by atoms with Crippen LogP contribution in [0.15, 0.2) is 54.6 Å². The SMILES string of the molecule is CN1CCN(Cc2cccc(NC(=O)c3nnn(-c4ccccc4)c3C3CC3)c2)CC1. The zero-order valence-corrected chi connectivity index (χ0v) is 17.9. The normalized spacial score (nSPS) is 17.6. The van der Waals surface area contributed by atoms with E-state index >= 15 is 0 Å². The topological polar surface area (TPSA) is 66.3 Å². The molecule has 2 heterocycles. The number of carbonyl (C=O) groups is 1. The molecule has 0 radical (unpaired) electrons. The lowest BCUT2D eigenvalue weighted by atomic mass is 10.1. The Morgan fingerprint density at radius 3 is 2.55 bits per heavy atom. The summed E-state index contributed by atoms with van der Waals surface area (Å²) >= 11 is 0. The number of nitrogens with zero attached hydrogens (tertiary/aromatic N) is 5. The first-order chi connectivity index (χ1) is 15.2. The summed E-state index contributed by atoms with van der Waals surface area (Å²) in [5.41, 5.74) is 4.28. The second kappa shape index (κ2) is 8.61. The number of piperazine rings is 1. The Hall–Kier alpha value is -3.03. The third-order valence-corrected chi connectivity index (χ3v) is 6.07. The average molecular weight is 417 g/mol. The first kappa shape index (κ1) is 19.9. The molecule has 1 saturated heterocycles. The van der Waals surface area contributed by atoms with Gasteiger partial charge in [-0.3, -0.25) is 9.69 Å². The van der Waals surface area contributed by atoms with Crippen molar-refractivity contribution in [2.24, 2.45) is 0 Å². The van der Waals surface area contributed by atoms with Gasteiger partial charge in [0.05, 0.1) is 11.4 Å². The number of amides is 1. The molecule has 3 aromatic rings. The number of hydrogen-bond acceptors (Lipinski definition) is 5. The van der Waals surface area contributed by atoms with E-state index in [9.17, 15) is 4.79 Å². The van der Waals surface area contributed by atoms with Gasteiger partial charge in [0.1, 0.15) is 0 Å². The average Bonchev–Trinajstić information content (AvgIpc) is 3.53. The number of hydrogen-bond donors (Lipinski definition) is 1. The molecule has 160 valence electrons. The van der Waals surface area contributed by atoms with Gasteiger partial charge in [-0.2, -0.15) is 0 Å². The molecule has 2 aliphatic rings. The molecule has 1 aromatic heterocycles. The van der Waals surface area contributed by atoms with Gasteiger partial charge in [-0.15, -0.1) is 5.10 Å². The Bertz CT molecular complexity index is 1050. The molecule has 7 nitrogen and oxygen atoms in total. The predicted octanol–water partition coefficient (Wildman–Crippen LogP) is 3.14. The van der Waals surface area contributed by atoms with Crippen molar-refractivity contribution in [2.45, 2.75) is 25.3 Å². The highest BCUT2D eigenvalue weighted by atomic mass is 16.2. The maximum atomic E-state index is 13.1. The molecule has 1 aliphatic heterocycles. The van der Waals surface area contributed by atoms with Gasteiger partial charge in [-0.1, -0.05) is 35.5 Å². The molecule has 1 saturated carbocycles. The molecule has 31 heavy (non-hydrogen) atoms. The highest BCUT2D eigenvalue weighted by molar-refractivity contribution is 6.03. The van der Waals surface area contributed by atoms with E-state index in [0.717, 1.165) is 62.6 Å². The first-order valence-corrected chi connectivity index (χ1v) is 11.0. The van der Waals surface area contributed by atoms with Gasteiger partial charge in [0.15, 0.2) is 5.69 Å². The fourth-order valence-electron chi connectivity index (χ4n) is 4.14. The van der Waals surface area contributed by atoms with E-state index in [1.807, 2.05) is 47.1 Å². The molecular formula is C24H28N6O. The van der Waals surface area contributed by atoms with E-state index in [1.165, 1.54) is 5.56 Å². The third kappa shape index (κ3) is 4.52. The lowest BCUT2D eigenvalue weighted by Crippen LogP contribution is -2.43.